The van der Waals surface area contributed by atoms with Crippen LogP contribution in [0.3, 0.4) is 0 Å². The van der Waals surface area contributed by atoms with Gasteiger partial charge in [-0.05, 0) is 30.7 Å². The lowest BCUT2D eigenvalue weighted by Crippen LogP contribution is -2.05. The highest BCUT2D eigenvalue weighted by atomic mass is 32.2. The largest absolute Gasteiger partial charge is 0.477 e. The fraction of sp³-hybridized carbons (Fsp3) is 0.214. The van der Waals surface area contributed by atoms with E-state index in [0.29, 0.717) is 17.9 Å². The number of aromatic carboxylic acids is 1. The molecule has 0 aliphatic carbocycles. The van der Waals surface area contributed by atoms with Crippen molar-refractivity contribution in [3.05, 3.63) is 40.6 Å². The Kier molecular flexibility index (Phi) is 4.64. The van der Waals surface area contributed by atoms with Crippen molar-refractivity contribution in [2.75, 3.05) is 5.75 Å². The summed E-state index contributed by atoms with van der Waals surface area (Å²) < 4.78 is 29.2. The summed E-state index contributed by atoms with van der Waals surface area (Å²) in [5, 5.41) is 10.4. The van der Waals surface area contributed by atoms with Gasteiger partial charge in [-0.1, -0.05) is 6.92 Å². The fourth-order valence-electron chi connectivity index (χ4n) is 1.72. The van der Waals surface area contributed by atoms with Crippen LogP contribution >= 0.6 is 11.3 Å². The predicted octanol–water partition coefficient (Wildman–Crippen LogP) is 3.42. The molecule has 0 aliphatic heterocycles. The van der Waals surface area contributed by atoms with Gasteiger partial charge < -0.3 is 9.84 Å². The summed E-state index contributed by atoms with van der Waals surface area (Å²) in [6.45, 7) is 1.81. The van der Waals surface area contributed by atoms with E-state index in [1.807, 2.05) is 6.92 Å². The number of hydrogen-bond donors (Lipinski definition) is 1. The molecule has 1 aromatic carbocycles. The standard InChI is InChI=1S/C14H14O5S2/c1-2-7-21(17,18)12-5-3-10(4-6-12)19-11-8-13(14(15)16)20-9-11/h3-6,8-9H,2,7H2,1H3,(H,15,16). The first-order valence-corrected chi connectivity index (χ1v) is 8.78. The van der Waals surface area contributed by atoms with E-state index in [0.717, 1.165) is 11.3 Å². The quantitative estimate of drug-likeness (QED) is 0.879. The maximum absolute atomic E-state index is 11.9. The molecule has 0 fully saturated rings. The molecule has 0 saturated heterocycles. The first-order chi connectivity index (χ1) is 9.92. The molecule has 21 heavy (non-hydrogen) atoms. The second-order valence-corrected chi connectivity index (χ2v) is 7.36. The number of benzene rings is 1. The number of thiophene rings is 1. The van der Waals surface area contributed by atoms with Gasteiger partial charge in [0.15, 0.2) is 9.84 Å². The van der Waals surface area contributed by atoms with Crippen LogP contribution in [0.2, 0.25) is 0 Å². The maximum atomic E-state index is 11.9. The van der Waals surface area contributed by atoms with Gasteiger partial charge in [-0.2, -0.15) is 0 Å². The van der Waals surface area contributed by atoms with E-state index in [1.54, 1.807) is 17.5 Å². The molecule has 0 radical (unpaired) electrons. The van der Waals surface area contributed by atoms with Crippen molar-refractivity contribution >= 4 is 27.1 Å². The zero-order valence-electron chi connectivity index (χ0n) is 11.3. The monoisotopic (exact) mass is 326 g/mol. The van der Waals surface area contributed by atoms with Gasteiger partial charge in [0, 0.05) is 11.4 Å². The van der Waals surface area contributed by atoms with Crippen LogP contribution in [0.1, 0.15) is 23.0 Å². The van der Waals surface area contributed by atoms with Crippen molar-refractivity contribution in [2.24, 2.45) is 0 Å². The third-order valence-electron chi connectivity index (χ3n) is 2.68. The molecule has 5 nitrogen and oxygen atoms in total. The molecule has 1 N–H and O–H groups in total. The normalized spacial score (nSPS) is 11.3. The summed E-state index contributed by atoms with van der Waals surface area (Å²) in [6.07, 6.45) is 0.563. The van der Waals surface area contributed by atoms with Gasteiger partial charge in [-0.15, -0.1) is 11.3 Å². The minimum absolute atomic E-state index is 0.111. The fourth-order valence-corrected chi connectivity index (χ4v) is 3.69. The van der Waals surface area contributed by atoms with Crippen LogP contribution in [0.5, 0.6) is 11.5 Å². The molecule has 0 atom stereocenters. The average molecular weight is 326 g/mol. The molecule has 112 valence electrons. The third-order valence-corrected chi connectivity index (χ3v) is 5.51. The molecule has 1 heterocycles. The van der Waals surface area contributed by atoms with Gasteiger partial charge in [0.05, 0.1) is 10.6 Å². The second kappa shape index (κ2) is 6.28. The number of rotatable bonds is 6. The minimum atomic E-state index is -3.24. The van der Waals surface area contributed by atoms with Crippen LogP contribution < -0.4 is 4.74 Å². The lowest BCUT2D eigenvalue weighted by atomic mass is 10.3. The van der Waals surface area contributed by atoms with Crippen LogP contribution in [0.25, 0.3) is 0 Å². The van der Waals surface area contributed by atoms with Crippen LogP contribution in [-0.4, -0.2) is 25.2 Å². The highest BCUT2D eigenvalue weighted by molar-refractivity contribution is 7.91. The third kappa shape index (κ3) is 3.83. The van der Waals surface area contributed by atoms with Gasteiger partial charge in [-0.3, -0.25) is 0 Å². The molecule has 0 saturated carbocycles. The molecular weight excluding hydrogens is 312 g/mol. The van der Waals surface area contributed by atoms with Crippen molar-refractivity contribution in [3.63, 3.8) is 0 Å². The van der Waals surface area contributed by atoms with Crippen molar-refractivity contribution in [1.29, 1.82) is 0 Å². The topological polar surface area (TPSA) is 80.7 Å². The van der Waals surface area contributed by atoms with E-state index in [1.165, 1.54) is 18.2 Å². The summed E-state index contributed by atoms with van der Waals surface area (Å²) >= 11 is 1.07. The number of carboxylic acids is 1. The van der Waals surface area contributed by atoms with Gasteiger partial charge >= 0.3 is 5.97 Å². The number of ether oxygens (including phenoxy) is 1. The number of sulfone groups is 1. The Hall–Kier alpha value is -1.86. The number of hydrogen-bond acceptors (Lipinski definition) is 5. The van der Waals surface area contributed by atoms with Gasteiger partial charge in [0.25, 0.3) is 0 Å². The first-order valence-electron chi connectivity index (χ1n) is 6.25. The second-order valence-electron chi connectivity index (χ2n) is 4.34. The van der Waals surface area contributed by atoms with Gasteiger partial charge in [-0.25, -0.2) is 13.2 Å². The maximum Gasteiger partial charge on any atom is 0.346 e. The Morgan fingerprint density at radius 2 is 1.90 bits per heavy atom. The molecule has 0 aliphatic rings. The Morgan fingerprint density at radius 3 is 2.43 bits per heavy atom. The lowest BCUT2D eigenvalue weighted by molar-refractivity contribution is 0.0702. The van der Waals surface area contributed by atoms with E-state index in [9.17, 15) is 13.2 Å². The van der Waals surface area contributed by atoms with E-state index < -0.39 is 15.8 Å². The summed E-state index contributed by atoms with van der Waals surface area (Å²) in [5.41, 5.74) is 0. The molecule has 7 heteroatoms. The molecule has 0 amide bonds. The van der Waals surface area contributed by atoms with Crippen molar-refractivity contribution in [3.8, 4) is 11.5 Å². The van der Waals surface area contributed by atoms with Crippen LogP contribution in [0.15, 0.2) is 40.6 Å². The van der Waals surface area contributed by atoms with E-state index in [-0.39, 0.29) is 15.5 Å². The summed E-state index contributed by atoms with van der Waals surface area (Å²) in [5.74, 6) is -0.0164. The van der Waals surface area contributed by atoms with Crippen molar-refractivity contribution in [1.82, 2.24) is 0 Å². The Morgan fingerprint density at radius 1 is 1.24 bits per heavy atom. The lowest BCUT2D eigenvalue weighted by Gasteiger charge is -2.05. The summed E-state index contributed by atoms with van der Waals surface area (Å²) in [6, 6.07) is 7.52. The highest BCUT2D eigenvalue weighted by Gasteiger charge is 2.13. The minimum Gasteiger partial charge on any atom is -0.477 e. The van der Waals surface area contributed by atoms with Gasteiger partial charge in [0.2, 0.25) is 0 Å². The zero-order chi connectivity index (χ0) is 15.5. The molecule has 2 rings (SSSR count). The van der Waals surface area contributed by atoms with Crippen molar-refractivity contribution < 1.29 is 23.1 Å². The molecule has 0 spiro atoms. The van der Waals surface area contributed by atoms with Gasteiger partial charge in [0.1, 0.15) is 16.4 Å². The molecule has 0 bridgehead atoms. The molecule has 2 aromatic rings. The number of carboxylic acid groups (broad SMARTS) is 1. The highest BCUT2D eigenvalue weighted by Crippen LogP contribution is 2.27. The van der Waals surface area contributed by atoms with Crippen LogP contribution in [0.4, 0.5) is 0 Å². The molecule has 0 unspecified atom stereocenters. The van der Waals surface area contributed by atoms with E-state index >= 15 is 0 Å². The van der Waals surface area contributed by atoms with E-state index in [2.05, 4.69) is 0 Å². The Labute approximate surface area is 126 Å². The molecular formula is C14H14O5S2. The SMILES string of the molecule is CCCS(=O)(=O)c1ccc(Oc2csc(C(=O)O)c2)cc1. The first kappa shape index (κ1) is 15.5. The van der Waals surface area contributed by atoms with E-state index in [4.69, 9.17) is 9.84 Å². The summed E-state index contributed by atoms with van der Waals surface area (Å²) in [7, 11) is -3.24. The Balaban J connectivity index is 2.14. The summed E-state index contributed by atoms with van der Waals surface area (Å²) in [4.78, 5) is 11.2. The van der Waals surface area contributed by atoms with Crippen LogP contribution in [-0.2, 0) is 9.84 Å². The van der Waals surface area contributed by atoms with Crippen LogP contribution in [0, 0.1) is 0 Å². The predicted molar refractivity (Wildman–Crippen MR) is 80.1 cm³/mol. The Bertz CT molecular complexity index is 729. The smallest absolute Gasteiger partial charge is 0.346 e. The van der Waals surface area contributed by atoms with Crippen molar-refractivity contribution in [2.45, 2.75) is 18.2 Å². The molecule has 1 aromatic heterocycles. The zero-order valence-corrected chi connectivity index (χ0v) is 12.9. The number of carbonyl (C=O) groups is 1. The average Bonchev–Trinajstić information content (AvgIpc) is 2.88.